The largest absolute Gasteiger partial charge is 0.378 e. The van der Waals surface area contributed by atoms with Gasteiger partial charge in [0.25, 0.3) is 11.8 Å². The Bertz CT molecular complexity index is 1210. The molecular formula is C26H23N3O2. The summed E-state index contributed by atoms with van der Waals surface area (Å²) in [5, 5.41) is 0. The maximum Gasteiger partial charge on any atom is 0.282 e. The van der Waals surface area contributed by atoms with Crippen LogP contribution in [-0.2, 0) is 16.0 Å². The highest BCUT2D eigenvalue weighted by Gasteiger charge is 2.44. The Kier molecular flexibility index (Phi) is 4.59. The average molecular weight is 409 g/mol. The zero-order valence-electron chi connectivity index (χ0n) is 17.6. The van der Waals surface area contributed by atoms with Crippen molar-refractivity contribution < 1.29 is 9.59 Å². The fourth-order valence-electron chi connectivity index (χ4n) is 4.35. The van der Waals surface area contributed by atoms with E-state index in [1.54, 1.807) is 0 Å². The second kappa shape index (κ2) is 7.43. The number of benzene rings is 3. The molecule has 2 aliphatic heterocycles. The first-order chi connectivity index (χ1) is 15.1. The number of imide groups is 1. The van der Waals surface area contributed by atoms with E-state index in [4.69, 9.17) is 0 Å². The molecule has 31 heavy (non-hydrogen) atoms. The minimum Gasteiger partial charge on any atom is -0.378 e. The molecule has 0 spiro atoms. The van der Waals surface area contributed by atoms with Crippen LogP contribution in [0.15, 0.2) is 84.6 Å². The van der Waals surface area contributed by atoms with Crippen LogP contribution < -0.4 is 14.7 Å². The highest BCUT2D eigenvalue weighted by atomic mass is 16.2. The number of carbonyl (C=O) groups is 2. The number of hydrogen-bond donors (Lipinski definition) is 0. The lowest BCUT2D eigenvalue weighted by molar-refractivity contribution is -0.120. The molecule has 0 fully saturated rings. The topological polar surface area (TPSA) is 43.9 Å². The quantitative estimate of drug-likeness (QED) is 0.609. The van der Waals surface area contributed by atoms with Gasteiger partial charge in [-0.1, -0.05) is 54.6 Å². The number of nitrogens with zero attached hydrogens (tertiary/aromatic N) is 3. The Hall–Kier alpha value is -3.86. The first-order valence-electron chi connectivity index (χ1n) is 10.4. The summed E-state index contributed by atoms with van der Waals surface area (Å²) in [4.78, 5) is 32.7. The molecule has 0 atom stereocenters. The molecule has 0 aliphatic carbocycles. The Balaban J connectivity index is 1.66. The van der Waals surface area contributed by atoms with E-state index < -0.39 is 0 Å². The van der Waals surface area contributed by atoms with Crippen LogP contribution in [0, 0.1) is 0 Å². The van der Waals surface area contributed by atoms with Crippen LogP contribution in [0.5, 0.6) is 0 Å². The zero-order chi connectivity index (χ0) is 21.5. The van der Waals surface area contributed by atoms with Gasteiger partial charge in [-0.05, 0) is 41.8 Å². The third kappa shape index (κ3) is 3.10. The van der Waals surface area contributed by atoms with Crippen molar-refractivity contribution in [2.24, 2.45) is 0 Å². The van der Waals surface area contributed by atoms with Gasteiger partial charge in [-0.25, -0.2) is 4.90 Å². The van der Waals surface area contributed by atoms with Crippen LogP contribution in [0.25, 0.3) is 5.57 Å². The van der Waals surface area contributed by atoms with Crippen LogP contribution >= 0.6 is 0 Å². The minimum absolute atomic E-state index is 0.281. The van der Waals surface area contributed by atoms with Crippen molar-refractivity contribution in [2.75, 3.05) is 35.3 Å². The Morgan fingerprint density at radius 1 is 0.806 bits per heavy atom. The maximum absolute atomic E-state index is 13.8. The number of hydrogen-bond acceptors (Lipinski definition) is 4. The molecule has 5 nitrogen and oxygen atoms in total. The molecule has 2 amide bonds. The normalized spacial score (nSPS) is 15.7. The molecule has 0 saturated carbocycles. The van der Waals surface area contributed by atoms with E-state index in [1.165, 1.54) is 10.5 Å². The Labute approximate surface area is 181 Å². The van der Waals surface area contributed by atoms with Crippen LogP contribution in [0.2, 0.25) is 0 Å². The Morgan fingerprint density at radius 2 is 1.55 bits per heavy atom. The van der Waals surface area contributed by atoms with Gasteiger partial charge < -0.3 is 9.80 Å². The van der Waals surface area contributed by atoms with Crippen molar-refractivity contribution >= 4 is 34.4 Å². The van der Waals surface area contributed by atoms with Crippen LogP contribution in [0.4, 0.5) is 17.1 Å². The smallest absolute Gasteiger partial charge is 0.282 e. The van der Waals surface area contributed by atoms with E-state index in [1.807, 2.05) is 96.7 Å². The van der Waals surface area contributed by atoms with E-state index in [9.17, 15) is 9.59 Å². The second-order valence-electron chi connectivity index (χ2n) is 7.98. The molecular weight excluding hydrogens is 386 g/mol. The van der Waals surface area contributed by atoms with Crippen LogP contribution in [0.3, 0.4) is 0 Å². The summed E-state index contributed by atoms with van der Waals surface area (Å²) in [5.41, 5.74) is 5.36. The van der Waals surface area contributed by atoms with Crippen molar-refractivity contribution in [3.63, 3.8) is 0 Å². The van der Waals surface area contributed by atoms with Gasteiger partial charge in [0, 0.05) is 32.0 Å². The van der Waals surface area contributed by atoms with Gasteiger partial charge in [-0.15, -0.1) is 0 Å². The number of fused-ring (bicyclic) bond motifs is 1. The van der Waals surface area contributed by atoms with E-state index in [2.05, 4.69) is 6.07 Å². The van der Waals surface area contributed by atoms with Gasteiger partial charge in [0.2, 0.25) is 0 Å². The fourth-order valence-corrected chi connectivity index (χ4v) is 4.35. The standard InChI is InChI=1S/C26H23N3O2/c1-27(2)20-12-8-13-21(17-20)29-25(30)23(19-10-4-3-5-11-19)24(26(29)31)28-16-15-18-9-6-7-14-22(18)28/h3-14,17H,15-16H2,1-2H3. The molecule has 5 rings (SSSR count). The highest BCUT2D eigenvalue weighted by Crippen LogP contribution is 2.40. The van der Waals surface area contributed by atoms with Gasteiger partial charge in [-0.3, -0.25) is 9.59 Å². The number of para-hydroxylation sites is 1. The molecule has 3 aromatic carbocycles. The van der Waals surface area contributed by atoms with Gasteiger partial charge in [0.1, 0.15) is 5.70 Å². The average Bonchev–Trinajstić information content (AvgIpc) is 3.32. The van der Waals surface area contributed by atoms with E-state index >= 15 is 0 Å². The summed E-state index contributed by atoms with van der Waals surface area (Å²) in [6.45, 7) is 0.676. The van der Waals surface area contributed by atoms with Gasteiger partial charge in [-0.2, -0.15) is 0 Å². The van der Waals surface area contributed by atoms with Crippen LogP contribution in [-0.4, -0.2) is 32.5 Å². The molecule has 3 aromatic rings. The SMILES string of the molecule is CN(C)c1cccc(N2C(=O)C(c3ccccc3)=C(N3CCc4ccccc43)C2=O)c1. The predicted octanol–water partition coefficient (Wildman–Crippen LogP) is 4.10. The van der Waals surface area contributed by atoms with Gasteiger partial charge in [0.15, 0.2) is 0 Å². The number of rotatable bonds is 4. The second-order valence-corrected chi connectivity index (χ2v) is 7.98. The first kappa shape index (κ1) is 19.1. The Morgan fingerprint density at radius 3 is 2.32 bits per heavy atom. The summed E-state index contributed by atoms with van der Waals surface area (Å²) >= 11 is 0. The number of anilines is 3. The third-order valence-electron chi connectivity index (χ3n) is 5.88. The van der Waals surface area contributed by atoms with Crippen molar-refractivity contribution in [1.82, 2.24) is 0 Å². The third-order valence-corrected chi connectivity index (χ3v) is 5.88. The lowest BCUT2D eigenvalue weighted by Gasteiger charge is -2.22. The van der Waals surface area contributed by atoms with Crippen molar-refractivity contribution in [3.05, 3.63) is 95.7 Å². The zero-order valence-corrected chi connectivity index (χ0v) is 17.6. The summed E-state index contributed by atoms with van der Waals surface area (Å²) in [7, 11) is 3.87. The van der Waals surface area contributed by atoms with E-state index in [-0.39, 0.29) is 11.8 Å². The highest BCUT2D eigenvalue weighted by molar-refractivity contribution is 6.46. The molecule has 0 saturated heterocycles. The summed E-state index contributed by atoms with van der Waals surface area (Å²) < 4.78 is 0. The van der Waals surface area contributed by atoms with Crippen molar-refractivity contribution in [3.8, 4) is 0 Å². The lowest BCUT2D eigenvalue weighted by atomic mass is 10.0. The minimum atomic E-state index is -0.286. The van der Waals surface area contributed by atoms with Crippen molar-refractivity contribution in [1.29, 1.82) is 0 Å². The molecule has 2 aliphatic rings. The molecule has 0 unspecified atom stereocenters. The fraction of sp³-hybridized carbons (Fsp3) is 0.154. The van der Waals surface area contributed by atoms with Gasteiger partial charge >= 0.3 is 0 Å². The molecule has 2 heterocycles. The lowest BCUT2D eigenvalue weighted by Crippen LogP contribution is -2.35. The van der Waals surface area contributed by atoms with E-state index in [0.717, 1.165) is 23.4 Å². The number of amides is 2. The maximum atomic E-state index is 13.8. The monoisotopic (exact) mass is 409 g/mol. The van der Waals surface area contributed by atoms with Crippen molar-refractivity contribution in [2.45, 2.75) is 6.42 Å². The molecule has 5 heteroatoms. The molecule has 0 aromatic heterocycles. The molecule has 154 valence electrons. The predicted molar refractivity (Wildman–Crippen MR) is 124 cm³/mol. The summed E-state index contributed by atoms with van der Waals surface area (Å²) in [6.07, 6.45) is 0.847. The summed E-state index contributed by atoms with van der Waals surface area (Å²) in [5.74, 6) is -0.567. The summed E-state index contributed by atoms with van der Waals surface area (Å²) in [6, 6.07) is 25.1. The van der Waals surface area contributed by atoms with E-state index in [0.29, 0.717) is 23.5 Å². The first-order valence-corrected chi connectivity index (χ1v) is 10.4. The number of carbonyl (C=O) groups excluding carboxylic acids is 2. The molecule has 0 N–H and O–H groups in total. The van der Waals surface area contributed by atoms with Crippen LogP contribution in [0.1, 0.15) is 11.1 Å². The molecule has 0 bridgehead atoms. The van der Waals surface area contributed by atoms with Gasteiger partial charge in [0.05, 0.1) is 11.3 Å². The molecule has 0 radical (unpaired) electrons.